The van der Waals surface area contributed by atoms with E-state index in [0.717, 1.165) is 11.0 Å². The summed E-state index contributed by atoms with van der Waals surface area (Å²) in [6.07, 6.45) is 0. The third kappa shape index (κ3) is 3.00. The summed E-state index contributed by atoms with van der Waals surface area (Å²) in [6, 6.07) is 7.98. The second kappa shape index (κ2) is 5.24. The average molecular weight is 274 g/mol. The molecular formula is C15H19BO2S. The van der Waals surface area contributed by atoms with Gasteiger partial charge in [0.1, 0.15) is 0 Å². The van der Waals surface area contributed by atoms with E-state index in [1.807, 2.05) is 24.3 Å². The highest BCUT2D eigenvalue weighted by Crippen LogP contribution is 2.36. The van der Waals surface area contributed by atoms with Crippen LogP contribution in [-0.2, 0) is 9.31 Å². The maximum Gasteiger partial charge on any atom is 0.494 e. The SMILES string of the molecule is CC1(C)OB(c2ccc(C#CCS)cc2)OC1(C)C. The van der Waals surface area contributed by atoms with Crippen molar-refractivity contribution in [2.45, 2.75) is 38.9 Å². The van der Waals surface area contributed by atoms with Crippen LogP contribution in [0.3, 0.4) is 0 Å². The summed E-state index contributed by atoms with van der Waals surface area (Å²) in [6.45, 7) is 8.22. The van der Waals surface area contributed by atoms with Crippen molar-refractivity contribution in [1.82, 2.24) is 0 Å². The molecule has 1 heterocycles. The standard InChI is InChI=1S/C15H19BO2S/c1-14(2)15(3,4)18-16(17-14)13-9-7-12(8-10-13)6-5-11-19/h7-10,19H,11H2,1-4H3. The summed E-state index contributed by atoms with van der Waals surface area (Å²) < 4.78 is 12.0. The number of hydrogen-bond acceptors (Lipinski definition) is 3. The molecule has 1 fully saturated rings. The van der Waals surface area contributed by atoms with E-state index in [0.29, 0.717) is 5.75 Å². The molecule has 4 heteroatoms. The second-order valence-electron chi connectivity index (χ2n) is 5.67. The highest BCUT2D eigenvalue weighted by Gasteiger charge is 2.51. The second-order valence-corrected chi connectivity index (χ2v) is 5.99. The first-order valence-corrected chi connectivity index (χ1v) is 7.04. The van der Waals surface area contributed by atoms with Crippen molar-refractivity contribution in [1.29, 1.82) is 0 Å². The van der Waals surface area contributed by atoms with Crippen LogP contribution < -0.4 is 5.46 Å². The molecular weight excluding hydrogens is 255 g/mol. The van der Waals surface area contributed by atoms with Crippen LogP contribution in [0, 0.1) is 11.8 Å². The van der Waals surface area contributed by atoms with Gasteiger partial charge in [0.05, 0.1) is 17.0 Å². The number of hydrogen-bond donors (Lipinski definition) is 1. The molecule has 2 nitrogen and oxygen atoms in total. The van der Waals surface area contributed by atoms with E-state index in [1.165, 1.54) is 0 Å². The van der Waals surface area contributed by atoms with Gasteiger partial charge in [0.2, 0.25) is 0 Å². The summed E-state index contributed by atoms with van der Waals surface area (Å²) in [7, 11) is -0.308. The minimum atomic E-state index is -0.308. The Labute approximate surface area is 121 Å². The van der Waals surface area contributed by atoms with Crippen LogP contribution in [-0.4, -0.2) is 24.1 Å². The Balaban J connectivity index is 2.17. The molecule has 100 valence electrons. The average Bonchev–Trinajstić information content (AvgIpc) is 2.56. The monoisotopic (exact) mass is 274 g/mol. The van der Waals surface area contributed by atoms with Crippen molar-refractivity contribution in [3.8, 4) is 11.8 Å². The number of thiol groups is 1. The Morgan fingerprint density at radius 1 is 1.05 bits per heavy atom. The highest BCUT2D eigenvalue weighted by molar-refractivity contribution is 7.80. The van der Waals surface area contributed by atoms with E-state index in [9.17, 15) is 0 Å². The minimum absolute atomic E-state index is 0.303. The predicted molar refractivity (Wildman–Crippen MR) is 82.9 cm³/mol. The van der Waals surface area contributed by atoms with Crippen LogP contribution in [0.4, 0.5) is 0 Å². The maximum atomic E-state index is 6.00. The third-order valence-corrected chi connectivity index (χ3v) is 3.91. The smallest absolute Gasteiger partial charge is 0.399 e. The molecule has 0 spiro atoms. The van der Waals surface area contributed by atoms with Crippen LogP contribution in [0.2, 0.25) is 0 Å². The van der Waals surface area contributed by atoms with Gasteiger partial charge in [-0.1, -0.05) is 24.0 Å². The van der Waals surface area contributed by atoms with Crippen molar-refractivity contribution < 1.29 is 9.31 Å². The molecule has 1 saturated heterocycles. The Kier molecular flexibility index (Phi) is 4.01. The zero-order valence-electron chi connectivity index (χ0n) is 11.9. The van der Waals surface area contributed by atoms with Gasteiger partial charge >= 0.3 is 7.12 Å². The molecule has 0 radical (unpaired) electrons. The first-order chi connectivity index (χ1) is 8.86. The topological polar surface area (TPSA) is 18.5 Å². The van der Waals surface area contributed by atoms with Gasteiger partial charge in [0.25, 0.3) is 0 Å². The largest absolute Gasteiger partial charge is 0.494 e. The van der Waals surface area contributed by atoms with Gasteiger partial charge in [-0.15, -0.1) is 0 Å². The quantitative estimate of drug-likeness (QED) is 0.481. The molecule has 0 bridgehead atoms. The van der Waals surface area contributed by atoms with Crippen molar-refractivity contribution in [3.05, 3.63) is 29.8 Å². The lowest BCUT2D eigenvalue weighted by Gasteiger charge is -2.32. The van der Waals surface area contributed by atoms with Crippen molar-refractivity contribution in [2.75, 3.05) is 5.75 Å². The maximum absolute atomic E-state index is 6.00. The fourth-order valence-corrected chi connectivity index (χ4v) is 1.92. The van der Waals surface area contributed by atoms with Crippen LogP contribution >= 0.6 is 12.6 Å². The molecule has 19 heavy (non-hydrogen) atoms. The van der Waals surface area contributed by atoms with E-state index >= 15 is 0 Å². The molecule has 1 aliphatic heterocycles. The summed E-state index contributed by atoms with van der Waals surface area (Å²) >= 11 is 4.07. The van der Waals surface area contributed by atoms with Crippen LogP contribution in [0.5, 0.6) is 0 Å². The number of benzene rings is 1. The summed E-state index contributed by atoms with van der Waals surface area (Å²) in [5.41, 5.74) is 1.40. The van der Waals surface area contributed by atoms with Crippen molar-refractivity contribution in [2.24, 2.45) is 0 Å². The zero-order chi connectivity index (χ0) is 14.1. The van der Waals surface area contributed by atoms with Gasteiger partial charge in [-0.25, -0.2) is 0 Å². The molecule has 0 atom stereocenters. The molecule has 2 rings (SSSR count). The van der Waals surface area contributed by atoms with E-state index in [1.54, 1.807) is 0 Å². The Hall–Kier alpha value is -0.885. The Morgan fingerprint density at radius 2 is 1.58 bits per heavy atom. The van der Waals surface area contributed by atoms with Crippen LogP contribution in [0.15, 0.2) is 24.3 Å². The lowest BCUT2D eigenvalue weighted by molar-refractivity contribution is 0.00578. The fourth-order valence-electron chi connectivity index (χ4n) is 1.84. The predicted octanol–water partition coefficient (Wildman–Crippen LogP) is 2.27. The van der Waals surface area contributed by atoms with E-state index < -0.39 is 0 Å². The lowest BCUT2D eigenvalue weighted by Crippen LogP contribution is -2.41. The molecule has 1 aromatic carbocycles. The zero-order valence-corrected chi connectivity index (χ0v) is 12.8. The summed E-state index contributed by atoms with van der Waals surface area (Å²) in [5.74, 6) is 6.54. The molecule has 1 aliphatic rings. The molecule has 1 aromatic rings. The van der Waals surface area contributed by atoms with Gasteiger partial charge < -0.3 is 9.31 Å². The van der Waals surface area contributed by atoms with Crippen LogP contribution in [0.25, 0.3) is 0 Å². The van der Waals surface area contributed by atoms with Gasteiger partial charge in [-0.3, -0.25) is 0 Å². The summed E-state index contributed by atoms with van der Waals surface area (Å²) in [5, 5.41) is 0. The van der Waals surface area contributed by atoms with E-state index in [-0.39, 0.29) is 18.3 Å². The minimum Gasteiger partial charge on any atom is -0.399 e. The molecule has 0 aromatic heterocycles. The molecule has 0 unspecified atom stereocenters. The Bertz CT molecular complexity index is 495. The van der Waals surface area contributed by atoms with E-state index in [4.69, 9.17) is 9.31 Å². The molecule has 0 saturated carbocycles. The van der Waals surface area contributed by atoms with Crippen molar-refractivity contribution in [3.63, 3.8) is 0 Å². The van der Waals surface area contributed by atoms with Gasteiger partial charge in [0, 0.05) is 5.56 Å². The molecule has 0 aliphatic carbocycles. The highest BCUT2D eigenvalue weighted by atomic mass is 32.1. The molecule has 0 N–H and O–H groups in total. The van der Waals surface area contributed by atoms with Gasteiger partial charge in [-0.05, 0) is 45.3 Å². The normalized spacial score (nSPS) is 19.9. The Morgan fingerprint density at radius 3 is 2.05 bits per heavy atom. The first kappa shape index (κ1) is 14.5. The number of rotatable bonds is 1. The van der Waals surface area contributed by atoms with Gasteiger partial charge in [-0.2, -0.15) is 12.6 Å². The van der Waals surface area contributed by atoms with Crippen LogP contribution in [0.1, 0.15) is 33.3 Å². The van der Waals surface area contributed by atoms with Crippen molar-refractivity contribution >= 4 is 25.2 Å². The first-order valence-electron chi connectivity index (χ1n) is 6.41. The molecule has 0 amide bonds. The summed E-state index contributed by atoms with van der Waals surface area (Å²) in [4.78, 5) is 0. The third-order valence-electron chi connectivity index (χ3n) is 3.75. The lowest BCUT2D eigenvalue weighted by atomic mass is 9.79. The van der Waals surface area contributed by atoms with E-state index in [2.05, 4.69) is 52.2 Å². The fraction of sp³-hybridized carbons (Fsp3) is 0.467. The van der Waals surface area contributed by atoms with Gasteiger partial charge in [0.15, 0.2) is 0 Å².